The maximum Gasteiger partial charge on any atom is 0.147 e. The molecule has 0 amide bonds. The van der Waals surface area contributed by atoms with Gasteiger partial charge in [-0.3, -0.25) is 4.57 Å². The molecule has 7 aromatic carbocycles. The van der Waals surface area contributed by atoms with Crippen molar-refractivity contribution in [1.82, 2.24) is 14.5 Å². The largest absolute Gasteiger partial charge is 0.456 e. The van der Waals surface area contributed by atoms with Crippen LogP contribution in [0.5, 0.6) is 0 Å². The number of rotatable bonds is 5. The summed E-state index contributed by atoms with van der Waals surface area (Å²) in [6, 6.07) is 59.6. The lowest BCUT2D eigenvalue weighted by molar-refractivity contribution is 0.592. The average Bonchev–Trinajstić information content (AvgIpc) is 3.98. The van der Waals surface area contributed by atoms with Crippen LogP contribution in [0.25, 0.3) is 100 Å². The van der Waals surface area contributed by atoms with Crippen LogP contribution in [0.15, 0.2) is 185 Å². The minimum Gasteiger partial charge on any atom is -0.456 e. The van der Waals surface area contributed by atoms with Gasteiger partial charge in [0.15, 0.2) is 0 Å². The summed E-state index contributed by atoms with van der Waals surface area (Å²) < 4.78 is 15.1. The molecule has 0 N–H and O–H groups in total. The van der Waals surface area contributed by atoms with Gasteiger partial charge in [0.05, 0.1) is 27.6 Å². The first-order valence-corrected chi connectivity index (χ1v) is 19.4. The molecule has 1 atom stereocenters. The van der Waals surface area contributed by atoms with Gasteiger partial charge >= 0.3 is 0 Å². The lowest BCUT2D eigenvalue weighted by Crippen LogP contribution is -2.05. The number of hydrogen-bond donors (Lipinski definition) is 0. The van der Waals surface area contributed by atoms with Crippen LogP contribution < -0.4 is 0 Å². The summed E-state index contributed by atoms with van der Waals surface area (Å²) in [6.07, 6.45) is 5.29. The average molecular weight is 732 g/mol. The van der Waals surface area contributed by atoms with Crippen molar-refractivity contribution in [3.05, 3.63) is 193 Å². The van der Waals surface area contributed by atoms with Crippen molar-refractivity contribution in [2.75, 3.05) is 0 Å². The number of furan rings is 2. The van der Waals surface area contributed by atoms with Crippen molar-refractivity contribution in [3.63, 3.8) is 0 Å². The van der Waals surface area contributed by atoms with Crippen LogP contribution >= 0.6 is 0 Å². The van der Waals surface area contributed by atoms with Gasteiger partial charge in [0, 0.05) is 44.5 Å². The molecule has 1 aliphatic rings. The molecule has 5 heteroatoms. The molecule has 57 heavy (non-hydrogen) atoms. The highest BCUT2D eigenvalue weighted by Crippen LogP contribution is 2.43. The minimum absolute atomic E-state index is 0.138. The van der Waals surface area contributed by atoms with E-state index in [2.05, 4.69) is 150 Å². The van der Waals surface area contributed by atoms with E-state index in [-0.39, 0.29) is 5.92 Å². The predicted octanol–water partition coefficient (Wildman–Crippen LogP) is 13.6. The normalized spacial score (nSPS) is 14.0. The second-order valence-corrected chi connectivity index (χ2v) is 14.9. The number of benzene rings is 7. The molecule has 268 valence electrons. The van der Waals surface area contributed by atoms with Crippen molar-refractivity contribution in [2.24, 2.45) is 0 Å². The van der Waals surface area contributed by atoms with Gasteiger partial charge in [-0.05, 0) is 89.9 Å². The molecule has 0 fully saturated rings. The maximum atomic E-state index is 6.61. The Kier molecular flexibility index (Phi) is 6.99. The first-order valence-electron chi connectivity index (χ1n) is 19.4. The second-order valence-electron chi connectivity index (χ2n) is 14.9. The van der Waals surface area contributed by atoms with Gasteiger partial charge in [0.1, 0.15) is 28.3 Å². The van der Waals surface area contributed by atoms with E-state index in [1.54, 1.807) is 0 Å². The fourth-order valence-corrected chi connectivity index (χ4v) is 8.84. The summed E-state index contributed by atoms with van der Waals surface area (Å²) in [6.45, 7) is 0. The van der Waals surface area contributed by atoms with Crippen molar-refractivity contribution >= 4 is 60.9 Å². The van der Waals surface area contributed by atoms with E-state index in [9.17, 15) is 0 Å². The molecule has 4 aromatic heterocycles. The third-order valence-corrected chi connectivity index (χ3v) is 11.6. The van der Waals surface area contributed by atoms with E-state index in [1.807, 2.05) is 36.4 Å². The van der Waals surface area contributed by atoms with Crippen molar-refractivity contribution < 1.29 is 8.83 Å². The Bertz CT molecular complexity index is 3380. The SMILES string of the molecule is C1=CC(c2cc(-c3ccc(-n4c(-c5ccccc5)nc5ccccc54)cc3)cc(-c3nc4ccccc4c4oc5ccccc5c34)c2)Cc2c1oc1ccccc21. The molecule has 0 radical (unpaired) electrons. The van der Waals surface area contributed by atoms with Gasteiger partial charge in [-0.2, -0.15) is 0 Å². The van der Waals surface area contributed by atoms with Gasteiger partial charge in [0.25, 0.3) is 0 Å². The zero-order valence-electron chi connectivity index (χ0n) is 30.8. The van der Waals surface area contributed by atoms with E-state index in [1.165, 1.54) is 16.5 Å². The van der Waals surface area contributed by atoms with Gasteiger partial charge in [-0.15, -0.1) is 0 Å². The van der Waals surface area contributed by atoms with E-state index in [0.717, 1.165) is 101 Å². The monoisotopic (exact) mass is 731 g/mol. The summed E-state index contributed by atoms with van der Waals surface area (Å²) >= 11 is 0. The maximum absolute atomic E-state index is 6.61. The number of imidazole rings is 1. The van der Waals surface area contributed by atoms with Crippen LogP contribution in [0.2, 0.25) is 0 Å². The molecule has 12 rings (SSSR count). The fraction of sp³-hybridized carbons (Fsp3) is 0.0385. The number of allylic oxidation sites excluding steroid dienone is 1. The molecule has 0 spiro atoms. The quantitative estimate of drug-likeness (QED) is 0.177. The van der Waals surface area contributed by atoms with E-state index in [0.29, 0.717) is 0 Å². The Labute approximate surface area is 327 Å². The van der Waals surface area contributed by atoms with E-state index in [4.69, 9.17) is 18.8 Å². The second kappa shape index (κ2) is 12.5. The van der Waals surface area contributed by atoms with E-state index >= 15 is 0 Å². The van der Waals surface area contributed by atoms with Gasteiger partial charge in [-0.1, -0.05) is 115 Å². The van der Waals surface area contributed by atoms with Crippen molar-refractivity contribution in [2.45, 2.75) is 12.3 Å². The number of hydrogen-bond acceptors (Lipinski definition) is 4. The zero-order chi connectivity index (χ0) is 37.5. The Hall–Kier alpha value is -7.50. The highest BCUT2D eigenvalue weighted by atomic mass is 16.3. The molecule has 4 heterocycles. The summed E-state index contributed by atoms with van der Waals surface area (Å²) in [7, 11) is 0. The Morgan fingerprint density at radius 3 is 2.05 bits per heavy atom. The predicted molar refractivity (Wildman–Crippen MR) is 232 cm³/mol. The molecule has 0 bridgehead atoms. The van der Waals surface area contributed by atoms with Crippen LogP contribution in [0.3, 0.4) is 0 Å². The Balaban J connectivity index is 1.05. The van der Waals surface area contributed by atoms with Crippen LogP contribution in [-0.4, -0.2) is 14.5 Å². The lowest BCUT2D eigenvalue weighted by Gasteiger charge is -2.20. The van der Waals surface area contributed by atoms with Crippen LogP contribution in [0.1, 0.15) is 22.8 Å². The third kappa shape index (κ3) is 5.09. The van der Waals surface area contributed by atoms with Gasteiger partial charge in [-0.25, -0.2) is 9.97 Å². The molecule has 0 aliphatic heterocycles. The number of fused-ring (bicyclic) bond motifs is 9. The van der Waals surface area contributed by atoms with E-state index < -0.39 is 0 Å². The molecule has 0 saturated heterocycles. The highest BCUT2D eigenvalue weighted by Gasteiger charge is 2.24. The summed E-state index contributed by atoms with van der Waals surface area (Å²) in [5.74, 6) is 2.01. The van der Waals surface area contributed by atoms with Crippen LogP contribution in [-0.2, 0) is 6.42 Å². The summed E-state index contributed by atoms with van der Waals surface area (Å²) in [5, 5.41) is 4.28. The van der Waals surface area contributed by atoms with Gasteiger partial charge < -0.3 is 8.83 Å². The topological polar surface area (TPSA) is 57.0 Å². The number of para-hydroxylation sites is 5. The molecule has 1 aliphatic carbocycles. The highest BCUT2D eigenvalue weighted by molar-refractivity contribution is 6.19. The van der Waals surface area contributed by atoms with Crippen LogP contribution in [0, 0.1) is 0 Å². The summed E-state index contributed by atoms with van der Waals surface area (Å²) in [5.41, 5.74) is 14.4. The fourth-order valence-electron chi connectivity index (χ4n) is 8.84. The molecule has 0 saturated carbocycles. The molecule has 1 unspecified atom stereocenters. The Morgan fingerprint density at radius 1 is 0.526 bits per heavy atom. The molecule has 5 nitrogen and oxygen atoms in total. The summed E-state index contributed by atoms with van der Waals surface area (Å²) in [4.78, 5) is 10.5. The molecule has 11 aromatic rings. The first kappa shape index (κ1) is 31.8. The van der Waals surface area contributed by atoms with Crippen molar-refractivity contribution in [3.8, 4) is 39.5 Å². The van der Waals surface area contributed by atoms with Gasteiger partial charge in [0.2, 0.25) is 0 Å². The third-order valence-electron chi connectivity index (χ3n) is 11.6. The zero-order valence-corrected chi connectivity index (χ0v) is 30.8. The Morgan fingerprint density at radius 2 is 1.21 bits per heavy atom. The lowest BCUT2D eigenvalue weighted by atomic mass is 9.84. The molecular weight excluding hydrogens is 699 g/mol. The number of pyridine rings is 1. The first-order chi connectivity index (χ1) is 28.2. The number of nitrogens with zero attached hydrogens (tertiary/aromatic N) is 3. The standard InChI is InChI=1S/C52H33N3O2/c1-2-12-33(13-3-1)52-54-44-18-8-9-19-45(44)55(52)38-25-22-32(23-26-38)35-28-36(34-24-27-48-42(31-34)39-14-5-10-20-46(39)56-48)30-37(29-35)50-49-41-16-6-11-21-47(41)57-51(49)40-15-4-7-17-43(40)53-50/h1-30,34H,31H2. The number of aromatic nitrogens is 3. The minimum atomic E-state index is 0.138. The van der Waals surface area contributed by atoms with Crippen molar-refractivity contribution in [1.29, 1.82) is 0 Å². The molecular formula is C52H33N3O2. The van der Waals surface area contributed by atoms with Crippen LogP contribution in [0.4, 0.5) is 0 Å². The smallest absolute Gasteiger partial charge is 0.147 e.